The van der Waals surface area contributed by atoms with Crippen LogP contribution in [-0.4, -0.2) is 28.5 Å². The molecule has 0 aliphatic carbocycles. The second-order valence-corrected chi connectivity index (χ2v) is 13.3. The minimum atomic E-state index is 0.659. The third-order valence-corrected chi connectivity index (χ3v) is 10.6. The van der Waals surface area contributed by atoms with Gasteiger partial charge in [-0.1, -0.05) is 109 Å². The maximum Gasteiger partial charge on any atom is 0.182 e. The molecule has 0 fully saturated rings. The summed E-state index contributed by atoms with van der Waals surface area (Å²) in [5, 5.41) is 12.7. The van der Waals surface area contributed by atoms with Crippen molar-refractivity contribution in [1.29, 1.82) is 0 Å². The van der Waals surface area contributed by atoms with Gasteiger partial charge in [-0.15, -0.1) is 5.10 Å². The molecule has 0 unspecified atom stereocenters. The van der Waals surface area contributed by atoms with Crippen molar-refractivity contribution < 1.29 is 0 Å². The van der Waals surface area contributed by atoms with Gasteiger partial charge in [0.25, 0.3) is 0 Å². The molecule has 236 valence electrons. The first-order chi connectivity index (χ1) is 25.3. The van der Waals surface area contributed by atoms with E-state index in [1.165, 1.54) is 59.9 Å². The molecule has 0 atom stereocenters. The Hall–Kier alpha value is -7.05. The van der Waals surface area contributed by atoms with Crippen molar-refractivity contribution in [3.63, 3.8) is 0 Å². The van der Waals surface area contributed by atoms with Gasteiger partial charge in [0.1, 0.15) is 5.69 Å². The topological polar surface area (TPSA) is 52.4 Å². The molecule has 0 spiro atoms. The summed E-state index contributed by atoms with van der Waals surface area (Å²) in [4.78, 5) is 10.2. The lowest BCUT2D eigenvalue weighted by Gasteiger charge is -2.10. The molecule has 6 heteroatoms. The second kappa shape index (κ2) is 9.77. The molecule has 0 saturated carbocycles. The van der Waals surface area contributed by atoms with Crippen LogP contribution >= 0.6 is 0 Å². The summed E-state index contributed by atoms with van der Waals surface area (Å²) in [5.74, 6) is 0.659. The van der Waals surface area contributed by atoms with Crippen LogP contribution in [0, 0.1) is 0 Å². The molecule has 0 radical (unpaired) electrons. The predicted molar refractivity (Wildman–Crippen MR) is 208 cm³/mol. The molecule has 0 aliphatic rings. The van der Waals surface area contributed by atoms with Crippen LogP contribution < -0.4 is 0 Å². The maximum absolute atomic E-state index is 5.16. The first-order valence-corrected chi connectivity index (χ1v) is 17.2. The zero-order chi connectivity index (χ0) is 33.2. The Labute approximate surface area is 290 Å². The number of hydrogen-bond donors (Lipinski definition) is 0. The van der Waals surface area contributed by atoms with E-state index >= 15 is 0 Å². The molecular weight excluding hydrogens is 625 g/mol. The van der Waals surface area contributed by atoms with Crippen LogP contribution in [0.3, 0.4) is 0 Å². The molecular formula is C45H26N6. The van der Waals surface area contributed by atoms with E-state index < -0.39 is 0 Å². The van der Waals surface area contributed by atoms with Gasteiger partial charge in [0.2, 0.25) is 0 Å². The molecule has 5 aromatic heterocycles. The van der Waals surface area contributed by atoms with Crippen LogP contribution in [0.4, 0.5) is 0 Å². The highest BCUT2D eigenvalue weighted by atomic mass is 15.3. The SMILES string of the molecule is c1ccc(-c2nc3ccccc3n3nc(-c4cccc(-n5c6cccc7c8ccccc8n8c9ccccc9c9ccc5c(c76)c98)c4)nc23)cc1. The Morgan fingerprint density at radius 1 is 0.431 bits per heavy atom. The fourth-order valence-corrected chi connectivity index (χ4v) is 8.49. The van der Waals surface area contributed by atoms with Crippen molar-refractivity contribution in [3.05, 3.63) is 158 Å². The van der Waals surface area contributed by atoms with Crippen LogP contribution in [0.1, 0.15) is 0 Å². The number of benzene rings is 7. The predicted octanol–water partition coefficient (Wildman–Crippen LogP) is 10.9. The largest absolute Gasteiger partial charge is 0.309 e. The number of aromatic nitrogens is 6. The average molecular weight is 651 g/mol. The first kappa shape index (κ1) is 26.9. The molecule has 0 amide bonds. The Morgan fingerprint density at radius 3 is 1.92 bits per heavy atom. The van der Waals surface area contributed by atoms with E-state index in [2.05, 4.69) is 130 Å². The summed E-state index contributed by atoms with van der Waals surface area (Å²) < 4.78 is 6.83. The summed E-state index contributed by atoms with van der Waals surface area (Å²) >= 11 is 0. The third kappa shape index (κ3) is 3.52. The Balaban J connectivity index is 1.16. The van der Waals surface area contributed by atoms with Crippen LogP contribution in [-0.2, 0) is 0 Å². The molecule has 12 aromatic rings. The Bertz CT molecular complexity index is 3370. The van der Waals surface area contributed by atoms with Gasteiger partial charge < -0.3 is 8.97 Å². The highest BCUT2D eigenvalue weighted by Crippen LogP contribution is 2.45. The van der Waals surface area contributed by atoms with E-state index in [-0.39, 0.29) is 0 Å². The molecule has 0 N–H and O–H groups in total. The van der Waals surface area contributed by atoms with E-state index in [1.807, 2.05) is 40.9 Å². The number of para-hydroxylation sites is 4. The monoisotopic (exact) mass is 650 g/mol. The van der Waals surface area contributed by atoms with Crippen LogP contribution in [0.15, 0.2) is 158 Å². The molecule has 0 aliphatic heterocycles. The highest BCUT2D eigenvalue weighted by Gasteiger charge is 2.23. The molecule has 0 saturated heterocycles. The van der Waals surface area contributed by atoms with Crippen molar-refractivity contribution in [2.45, 2.75) is 0 Å². The second-order valence-electron chi connectivity index (χ2n) is 13.3. The van der Waals surface area contributed by atoms with E-state index in [0.29, 0.717) is 5.82 Å². The fraction of sp³-hybridized carbons (Fsp3) is 0. The lowest BCUT2D eigenvalue weighted by atomic mass is 10.0. The molecule has 0 bridgehead atoms. The van der Waals surface area contributed by atoms with E-state index in [9.17, 15) is 0 Å². The van der Waals surface area contributed by atoms with Gasteiger partial charge in [-0.25, -0.2) is 14.5 Å². The molecule has 5 heterocycles. The van der Waals surface area contributed by atoms with Gasteiger partial charge >= 0.3 is 0 Å². The molecule has 6 nitrogen and oxygen atoms in total. The van der Waals surface area contributed by atoms with Gasteiger partial charge in [-0.05, 0) is 53.9 Å². The quantitative estimate of drug-likeness (QED) is 0.191. The van der Waals surface area contributed by atoms with Gasteiger partial charge in [0.05, 0.1) is 38.6 Å². The maximum atomic E-state index is 5.16. The molecule has 7 aromatic carbocycles. The molecule has 51 heavy (non-hydrogen) atoms. The number of fused-ring (bicyclic) bond motifs is 9. The van der Waals surface area contributed by atoms with Gasteiger partial charge in [0, 0.05) is 43.7 Å². The zero-order valence-corrected chi connectivity index (χ0v) is 27.2. The number of hydrogen-bond acceptors (Lipinski definition) is 3. The van der Waals surface area contributed by atoms with Gasteiger partial charge in [-0.3, -0.25) is 0 Å². The summed E-state index contributed by atoms with van der Waals surface area (Å²) in [6, 6.07) is 55.9. The van der Waals surface area contributed by atoms with Crippen LogP contribution in [0.2, 0.25) is 0 Å². The Morgan fingerprint density at radius 2 is 1.08 bits per heavy atom. The number of nitrogens with zero attached hydrogens (tertiary/aromatic N) is 6. The lowest BCUT2D eigenvalue weighted by Crippen LogP contribution is -1.97. The average Bonchev–Trinajstić information content (AvgIpc) is 3.86. The molecule has 12 rings (SSSR count). The minimum absolute atomic E-state index is 0.659. The van der Waals surface area contributed by atoms with Crippen molar-refractivity contribution in [1.82, 2.24) is 28.5 Å². The van der Waals surface area contributed by atoms with Crippen molar-refractivity contribution in [2.75, 3.05) is 0 Å². The summed E-state index contributed by atoms with van der Waals surface area (Å²) in [6.45, 7) is 0. The third-order valence-electron chi connectivity index (χ3n) is 10.6. The standard InChI is InChI=1S/C45H26N6/c1-2-12-27(13-3-1)42-45-47-44(48-51(45)37-22-9-6-19-34(37)46-42)28-14-10-15-29(26-28)49-38-23-11-18-32-30-16-4-7-20-35(30)50-36-21-8-5-17-31(36)33-24-25-39(49)41(40(32)38)43(33)50/h1-26H. The summed E-state index contributed by atoms with van der Waals surface area (Å²) in [7, 11) is 0. The smallest absolute Gasteiger partial charge is 0.182 e. The van der Waals surface area contributed by atoms with E-state index in [4.69, 9.17) is 15.1 Å². The van der Waals surface area contributed by atoms with Crippen molar-refractivity contribution in [3.8, 4) is 28.3 Å². The van der Waals surface area contributed by atoms with Gasteiger partial charge in [0.15, 0.2) is 11.5 Å². The first-order valence-electron chi connectivity index (χ1n) is 17.2. The highest BCUT2D eigenvalue weighted by molar-refractivity contribution is 6.33. The summed E-state index contributed by atoms with van der Waals surface area (Å²) in [6.07, 6.45) is 0. The lowest BCUT2D eigenvalue weighted by molar-refractivity contribution is 1.00. The fourth-order valence-electron chi connectivity index (χ4n) is 8.49. The number of rotatable bonds is 3. The van der Waals surface area contributed by atoms with Crippen molar-refractivity contribution in [2.24, 2.45) is 0 Å². The Kier molecular flexibility index (Phi) is 5.14. The van der Waals surface area contributed by atoms with Crippen LogP contribution in [0.5, 0.6) is 0 Å². The summed E-state index contributed by atoms with van der Waals surface area (Å²) in [5.41, 5.74) is 12.4. The minimum Gasteiger partial charge on any atom is -0.309 e. The normalized spacial score (nSPS) is 12.3. The zero-order valence-electron chi connectivity index (χ0n) is 27.2. The van der Waals surface area contributed by atoms with Crippen molar-refractivity contribution >= 4 is 76.6 Å². The van der Waals surface area contributed by atoms with Crippen LogP contribution in [0.25, 0.3) is 105 Å². The van der Waals surface area contributed by atoms with Gasteiger partial charge in [-0.2, -0.15) is 0 Å². The van der Waals surface area contributed by atoms with E-state index in [1.54, 1.807) is 0 Å². The van der Waals surface area contributed by atoms with E-state index in [0.717, 1.165) is 39.2 Å².